The first kappa shape index (κ1) is 67.0. The standard InChI is InChI=1S/C64H119NO4/c1-3-5-7-9-11-13-15-17-19-21-23-25-27-29-30-31-32-33-35-37-39-41-43-45-47-49-51-53-55-57-59-63(68)64(69)65-61(60-66)62(67)58-56-54-52-50-48-46-44-42-40-38-36-34-28-26-24-22-20-18-16-14-12-10-8-6-4-2/h23,25,29-30,40,42,48,50,56,58,61-63,66-68H,3-22,24,26-28,31-39,41,43-47,49,51-55,57,59-60H2,1-2H3,(H,65,69)/b25-23-,30-29-,42-40+,50-48+,58-56+. The van der Waals surface area contributed by atoms with Crippen LogP contribution in [0.1, 0.15) is 316 Å². The van der Waals surface area contributed by atoms with Crippen LogP contribution in [0, 0.1) is 0 Å². The Morgan fingerprint density at radius 1 is 0.362 bits per heavy atom. The summed E-state index contributed by atoms with van der Waals surface area (Å²) in [5.74, 6) is -0.515. The third kappa shape index (κ3) is 53.7. The molecule has 3 atom stereocenters. The number of aliphatic hydroxyl groups is 3. The molecule has 0 heterocycles. The van der Waals surface area contributed by atoms with Gasteiger partial charge in [-0.25, -0.2) is 0 Å². The van der Waals surface area contributed by atoms with Gasteiger partial charge in [-0.2, -0.15) is 0 Å². The van der Waals surface area contributed by atoms with Crippen LogP contribution >= 0.6 is 0 Å². The summed E-state index contributed by atoms with van der Waals surface area (Å²) in [4.78, 5) is 12.6. The molecule has 0 bridgehead atoms. The topological polar surface area (TPSA) is 89.8 Å². The van der Waals surface area contributed by atoms with E-state index in [1.165, 1.54) is 244 Å². The predicted octanol–water partition coefficient (Wildman–Crippen LogP) is 19.3. The van der Waals surface area contributed by atoms with E-state index < -0.39 is 24.2 Å². The smallest absolute Gasteiger partial charge is 0.249 e. The highest BCUT2D eigenvalue weighted by Gasteiger charge is 2.22. The summed E-state index contributed by atoms with van der Waals surface area (Å²) in [6.45, 7) is 4.20. The molecule has 404 valence electrons. The van der Waals surface area contributed by atoms with Crippen molar-refractivity contribution in [1.29, 1.82) is 0 Å². The van der Waals surface area contributed by atoms with E-state index in [4.69, 9.17) is 0 Å². The maximum Gasteiger partial charge on any atom is 0.249 e. The van der Waals surface area contributed by atoms with Gasteiger partial charge in [0.05, 0.1) is 18.8 Å². The number of amides is 1. The first-order valence-corrected chi connectivity index (χ1v) is 30.6. The number of unbranched alkanes of at least 4 members (excludes halogenated alkanes) is 40. The highest BCUT2D eigenvalue weighted by atomic mass is 16.3. The van der Waals surface area contributed by atoms with Gasteiger partial charge in [-0.05, 0) is 77.0 Å². The second-order valence-electron chi connectivity index (χ2n) is 20.9. The third-order valence-electron chi connectivity index (χ3n) is 14.1. The van der Waals surface area contributed by atoms with Crippen molar-refractivity contribution in [2.45, 2.75) is 334 Å². The normalized spacial score (nSPS) is 13.6. The average molecular weight is 967 g/mol. The molecule has 0 spiro atoms. The van der Waals surface area contributed by atoms with E-state index in [1.807, 2.05) is 6.08 Å². The van der Waals surface area contributed by atoms with Crippen LogP contribution in [0.5, 0.6) is 0 Å². The van der Waals surface area contributed by atoms with Crippen molar-refractivity contribution in [3.63, 3.8) is 0 Å². The summed E-state index contributed by atoms with van der Waals surface area (Å²) in [6, 6.07) is -0.825. The minimum atomic E-state index is -1.11. The highest BCUT2D eigenvalue weighted by molar-refractivity contribution is 5.80. The summed E-state index contributed by atoms with van der Waals surface area (Å²) in [6.07, 6.45) is 80.3. The predicted molar refractivity (Wildman–Crippen MR) is 305 cm³/mol. The van der Waals surface area contributed by atoms with Gasteiger partial charge in [0.1, 0.15) is 6.10 Å². The van der Waals surface area contributed by atoms with Crippen LogP contribution in [0.3, 0.4) is 0 Å². The van der Waals surface area contributed by atoms with Gasteiger partial charge < -0.3 is 20.6 Å². The van der Waals surface area contributed by atoms with Crippen LogP contribution in [-0.2, 0) is 4.79 Å². The second-order valence-corrected chi connectivity index (χ2v) is 20.9. The quantitative estimate of drug-likeness (QED) is 0.0361. The summed E-state index contributed by atoms with van der Waals surface area (Å²) in [7, 11) is 0. The number of allylic oxidation sites excluding steroid dienone is 9. The molecule has 0 rings (SSSR count). The molecule has 0 aliphatic carbocycles. The van der Waals surface area contributed by atoms with E-state index in [9.17, 15) is 20.1 Å². The summed E-state index contributed by atoms with van der Waals surface area (Å²) >= 11 is 0. The second kappa shape index (κ2) is 58.6. The van der Waals surface area contributed by atoms with E-state index >= 15 is 0 Å². The molecule has 0 aromatic heterocycles. The minimum absolute atomic E-state index is 0.382. The fourth-order valence-corrected chi connectivity index (χ4v) is 9.31. The summed E-state index contributed by atoms with van der Waals surface area (Å²) < 4.78 is 0. The fourth-order valence-electron chi connectivity index (χ4n) is 9.31. The Hall–Kier alpha value is -1.95. The van der Waals surface area contributed by atoms with Crippen molar-refractivity contribution in [1.82, 2.24) is 5.32 Å². The number of aliphatic hydroxyl groups excluding tert-OH is 3. The van der Waals surface area contributed by atoms with Gasteiger partial charge in [-0.15, -0.1) is 0 Å². The van der Waals surface area contributed by atoms with Crippen molar-refractivity contribution in [3.8, 4) is 0 Å². The molecule has 4 N–H and O–H groups in total. The molecule has 0 aromatic carbocycles. The van der Waals surface area contributed by atoms with Gasteiger partial charge >= 0.3 is 0 Å². The van der Waals surface area contributed by atoms with E-state index in [2.05, 4.69) is 67.8 Å². The van der Waals surface area contributed by atoms with E-state index in [1.54, 1.807) is 6.08 Å². The van der Waals surface area contributed by atoms with Crippen LogP contribution in [0.2, 0.25) is 0 Å². The Balaban J connectivity index is 3.61. The maximum absolute atomic E-state index is 12.6. The molecule has 0 aliphatic heterocycles. The molecule has 0 saturated carbocycles. The molecule has 5 heteroatoms. The fraction of sp³-hybridized carbons (Fsp3) is 0.828. The van der Waals surface area contributed by atoms with Crippen molar-refractivity contribution < 1.29 is 20.1 Å². The zero-order chi connectivity index (χ0) is 50.0. The molecule has 0 saturated heterocycles. The van der Waals surface area contributed by atoms with Gasteiger partial charge in [-0.3, -0.25) is 4.79 Å². The van der Waals surface area contributed by atoms with Gasteiger partial charge in [0.2, 0.25) is 5.91 Å². The third-order valence-corrected chi connectivity index (χ3v) is 14.1. The van der Waals surface area contributed by atoms with Crippen molar-refractivity contribution in [2.24, 2.45) is 0 Å². The van der Waals surface area contributed by atoms with Crippen LogP contribution < -0.4 is 5.32 Å². The SMILES string of the molecule is CCCCCCCCCCC/C=C\C/C=C\CCCCCCCCCCCCCCCCC(O)C(=O)NC(CO)C(O)/C=C/CC/C=C/CC/C=C/CCCCCCCCCCCCCCCCC. The molecule has 3 unspecified atom stereocenters. The van der Waals surface area contributed by atoms with Crippen LogP contribution in [0.25, 0.3) is 0 Å². The minimum Gasteiger partial charge on any atom is -0.394 e. The van der Waals surface area contributed by atoms with E-state index in [-0.39, 0.29) is 6.61 Å². The van der Waals surface area contributed by atoms with E-state index in [0.717, 1.165) is 51.4 Å². The number of nitrogens with one attached hydrogen (secondary N) is 1. The lowest BCUT2D eigenvalue weighted by molar-refractivity contribution is -0.131. The molecular weight excluding hydrogens is 847 g/mol. The molecule has 5 nitrogen and oxygen atoms in total. The van der Waals surface area contributed by atoms with Crippen LogP contribution in [0.15, 0.2) is 60.8 Å². The summed E-state index contributed by atoms with van der Waals surface area (Å²) in [5.41, 5.74) is 0. The monoisotopic (exact) mass is 966 g/mol. The number of carbonyl (C=O) groups excluding carboxylic acids is 1. The lowest BCUT2D eigenvalue weighted by Gasteiger charge is -2.21. The van der Waals surface area contributed by atoms with Crippen molar-refractivity contribution >= 4 is 5.91 Å². The largest absolute Gasteiger partial charge is 0.394 e. The molecule has 69 heavy (non-hydrogen) atoms. The Kier molecular flexibility index (Phi) is 57.0. The van der Waals surface area contributed by atoms with Crippen molar-refractivity contribution in [2.75, 3.05) is 6.61 Å². The van der Waals surface area contributed by atoms with Gasteiger partial charge in [0.15, 0.2) is 0 Å². The van der Waals surface area contributed by atoms with Gasteiger partial charge in [0, 0.05) is 0 Å². The Labute approximate surface area is 430 Å². The zero-order valence-electron chi connectivity index (χ0n) is 46.2. The van der Waals surface area contributed by atoms with Gasteiger partial charge in [0.25, 0.3) is 0 Å². The molecule has 0 fully saturated rings. The molecule has 0 radical (unpaired) electrons. The highest BCUT2D eigenvalue weighted by Crippen LogP contribution is 2.17. The Morgan fingerprint density at radius 3 is 0.971 bits per heavy atom. The zero-order valence-corrected chi connectivity index (χ0v) is 46.2. The van der Waals surface area contributed by atoms with Crippen LogP contribution in [-0.4, -0.2) is 46.1 Å². The lowest BCUT2D eigenvalue weighted by atomic mass is 10.0. The molecule has 1 amide bonds. The number of carbonyl (C=O) groups is 1. The van der Waals surface area contributed by atoms with E-state index in [0.29, 0.717) is 6.42 Å². The summed E-state index contributed by atoms with van der Waals surface area (Å²) in [5, 5.41) is 33.4. The maximum atomic E-state index is 12.6. The number of hydrogen-bond donors (Lipinski definition) is 4. The van der Waals surface area contributed by atoms with Crippen molar-refractivity contribution in [3.05, 3.63) is 60.8 Å². The van der Waals surface area contributed by atoms with Crippen LogP contribution in [0.4, 0.5) is 0 Å². The first-order valence-electron chi connectivity index (χ1n) is 30.6. The first-order chi connectivity index (χ1) is 34.1. The number of rotatable bonds is 56. The molecule has 0 aliphatic rings. The Morgan fingerprint density at radius 2 is 0.638 bits per heavy atom. The average Bonchev–Trinajstić information content (AvgIpc) is 3.35. The molecular formula is C64H119NO4. The van der Waals surface area contributed by atoms with Gasteiger partial charge in [-0.1, -0.05) is 299 Å². The number of hydrogen-bond acceptors (Lipinski definition) is 4. The lowest BCUT2D eigenvalue weighted by Crippen LogP contribution is -2.48. The molecule has 0 aromatic rings. The Bertz CT molecular complexity index is 1160.